The van der Waals surface area contributed by atoms with E-state index < -0.39 is 0 Å². The summed E-state index contributed by atoms with van der Waals surface area (Å²) in [5, 5.41) is 2.62. The molecule has 0 aliphatic rings. The molecule has 2 aromatic carbocycles. The number of nitrogens with two attached hydrogens (primary N) is 1. The van der Waals surface area contributed by atoms with Gasteiger partial charge in [0.15, 0.2) is 0 Å². The van der Waals surface area contributed by atoms with Crippen LogP contribution in [0.25, 0.3) is 21.8 Å². The molecule has 0 aliphatic carbocycles. The normalized spacial score (nSPS) is 13.3. The number of hydrogen-bond acceptors (Lipinski definition) is 1. The fourth-order valence-electron chi connectivity index (χ4n) is 2.49. The molecule has 2 nitrogen and oxygen atoms in total. The first-order valence-electron chi connectivity index (χ1n) is 5.99. The first-order chi connectivity index (χ1) is 8.27. The lowest BCUT2D eigenvalue weighted by atomic mass is 10.2. The number of aromatic nitrogens is 1. The Morgan fingerprint density at radius 3 is 1.88 bits per heavy atom. The predicted octanol–water partition coefficient (Wildman–Crippen LogP) is 3.14. The zero-order valence-corrected chi connectivity index (χ0v) is 9.93. The molecule has 0 saturated carbocycles. The Morgan fingerprint density at radius 2 is 1.41 bits per heavy atom. The Bertz CT molecular complexity index is 612. The second-order valence-corrected chi connectivity index (χ2v) is 4.62. The third-order valence-electron chi connectivity index (χ3n) is 3.15. The maximum Gasteiger partial charge on any atom is 0.0491 e. The molecule has 0 unspecified atom stereocenters. The van der Waals surface area contributed by atoms with E-state index in [-0.39, 0.29) is 6.04 Å². The van der Waals surface area contributed by atoms with Gasteiger partial charge in [-0.2, -0.15) is 0 Å². The minimum Gasteiger partial charge on any atom is -0.339 e. The van der Waals surface area contributed by atoms with Crippen molar-refractivity contribution in [3.05, 3.63) is 48.5 Å². The van der Waals surface area contributed by atoms with Crippen LogP contribution in [0.2, 0.25) is 0 Å². The Hall–Kier alpha value is -1.80. The van der Waals surface area contributed by atoms with Crippen molar-refractivity contribution < 1.29 is 0 Å². The summed E-state index contributed by atoms with van der Waals surface area (Å²) in [6, 6.07) is 17.2. The lowest BCUT2D eigenvalue weighted by Gasteiger charge is -2.09. The molecular formula is C15H16N2. The third-order valence-corrected chi connectivity index (χ3v) is 3.15. The average molecular weight is 224 g/mol. The van der Waals surface area contributed by atoms with Crippen molar-refractivity contribution in [2.45, 2.75) is 19.5 Å². The van der Waals surface area contributed by atoms with Crippen LogP contribution >= 0.6 is 0 Å². The SMILES string of the molecule is C[C@H](N)Cn1c2ccccc2c2ccccc21. The van der Waals surface area contributed by atoms with E-state index in [0.717, 1.165) is 6.54 Å². The largest absolute Gasteiger partial charge is 0.339 e. The van der Waals surface area contributed by atoms with Crippen LogP contribution in [-0.4, -0.2) is 10.6 Å². The van der Waals surface area contributed by atoms with E-state index in [4.69, 9.17) is 5.73 Å². The van der Waals surface area contributed by atoms with Crippen LogP contribution in [0, 0.1) is 0 Å². The molecule has 3 aromatic rings. The van der Waals surface area contributed by atoms with Crippen molar-refractivity contribution in [2.75, 3.05) is 0 Å². The first-order valence-corrected chi connectivity index (χ1v) is 5.99. The average Bonchev–Trinajstić information content (AvgIpc) is 2.65. The molecule has 0 aliphatic heterocycles. The molecule has 86 valence electrons. The Morgan fingerprint density at radius 1 is 0.941 bits per heavy atom. The number of hydrogen-bond donors (Lipinski definition) is 1. The number of fused-ring (bicyclic) bond motifs is 3. The van der Waals surface area contributed by atoms with Gasteiger partial charge in [0.2, 0.25) is 0 Å². The smallest absolute Gasteiger partial charge is 0.0491 e. The van der Waals surface area contributed by atoms with E-state index in [0.29, 0.717) is 0 Å². The maximum absolute atomic E-state index is 5.94. The molecule has 0 fully saturated rings. The van der Waals surface area contributed by atoms with E-state index in [9.17, 15) is 0 Å². The Labute approximate surface area is 101 Å². The van der Waals surface area contributed by atoms with E-state index >= 15 is 0 Å². The van der Waals surface area contributed by atoms with Gasteiger partial charge in [-0.25, -0.2) is 0 Å². The van der Waals surface area contributed by atoms with Gasteiger partial charge in [0, 0.05) is 34.4 Å². The summed E-state index contributed by atoms with van der Waals surface area (Å²) in [6.07, 6.45) is 0. The summed E-state index contributed by atoms with van der Waals surface area (Å²) >= 11 is 0. The highest BCUT2D eigenvalue weighted by atomic mass is 15.0. The number of para-hydroxylation sites is 2. The molecule has 0 radical (unpaired) electrons. The van der Waals surface area contributed by atoms with Crippen molar-refractivity contribution in [3.63, 3.8) is 0 Å². The van der Waals surface area contributed by atoms with Crippen molar-refractivity contribution >= 4 is 21.8 Å². The molecule has 1 heterocycles. The quantitative estimate of drug-likeness (QED) is 0.712. The zero-order chi connectivity index (χ0) is 11.8. The lowest BCUT2D eigenvalue weighted by Crippen LogP contribution is -2.21. The number of nitrogens with zero attached hydrogens (tertiary/aromatic N) is 1. The van der Waals surface area contributed by atoms with Gasteiger partial charge < -0.3 is 10.3 Å². The molecule has 1 aromatic heterocycles. The number of benzene rings is 2. The second kappa shape index (κ2) is 3.90. The van der Waals surface area contributed by atoms with Crippen molar-refractivity contribution in [1.29, 1.82) is 0 Å². The van der Waals surface area contributed by atoms with Crippen LogP contribution in [0.15, 0.2) is 48.5 Å². The van der Waals surface area contributed by atoms with Crippen molar-refractivity contribution in [3.8, 4) is 0 Å². The molecule has 1 atom stereocenters. The van der Waals surface area contributed by atoms with Gasteiger partial charge in [0.25, 0.3) is 0 Å². The van der Waals surface area contributed by atoms with E-state index in [2.05, 4.69) is 53.1 Å². The molecule has 0 spiro atoms. The molecular weight excluding hydrogens is 208 g/mol. The summed E-state index contributed by atoms with van der Waals surface area (Å²) in [6.45, 7) is 2.90. The Kier molecular flexibility index (Phi) is 2.37. The third kappa shape index (κ3) is 1.61. The van der Waals surface area contributed by atoms with Gasteiger partial charge in [0.05, 0.1) is 0 Å². The first kappa shape index (κ1) is 10.4. The second-order valence-electron chi connectivity index (χ2n) is 4.62. The predicted molar refractivity (Wildman–Crippen MR) is 73.1 cm³/mol. The minimum atomic E-state index is 0.161. The summed E-state index contributed by atoms with van der Waals surface area (Å²) in [5.41, 5.74) is 8.48. The fraction of sp³-hybridized carbons (Fsp3) is 0.200. The minimum absolute atomic E-state index is 0.161. The molecule has 17 heavy (non-hydrogen) atoms. The summed E-state index contributed by atoms with van der Waals surface area (Å²) < 4.78 is 2.31. The van der Waals surface area contributed by atoms with Crippen molar-refractivity contribution in [2.24, 2.45) is 5.73 Å². The van der Waals surface area contributed by atoms with Gasteiger partial charge in [-0.1, -0.05) is 36.4 Å². The lowest BCUT2D eigenvalue weighted by molar-refractivity contribution is 0.618. The van der Waals surface area contributed by atoms with Crippen molar-refractivity contribution in [1.82, 2.24) is 4.57 Å². The zero-order valence-electron chi connectivity index (χ0n) is 9.93. The summed E-state index contributed by atoms with van der Waals surface area (Å²) in [7, 11) is 0. The topological polar surface area (TPSA) is 30.9 Å². The van der Waals surface area contributed by atoms with Gasteiger partial charge in [-0.05, 0) is 19.1 Å². The monoisotopic (exact) mass is 224 g/mol. The number of rotatable bonds is 2. The van der Waals surface area contributed by atoms with Crippen LogP contribution in [0.1, 0.15) is 6.92 Å². The van der Waals surface area contributed by atoms with E-state index in [1.165, 1.54) is 21.8 Å². The van der Waals surface area contributed by atoms with Gasteiger partial charge in [-0.15, -0.1) is 0 Å². The molecule has 2 N–H and O–H groups in total. The highest BCUT2D eigenvalue weighted by molar-refractivity contribution is 6.07. The van der Waals surface area contributed by atoms with Crippen LogP contribution in [0.5, 0.6) is 0 Å². The summed E-state index contributed by atoms with van der Waals surface area (Å²) in [5.74, 6) is 0. The molecule has 3 rings (SSSR count). The standard InChI is InChI=1S/C15H16N2/c1-11(16)10-17-14-8-4-2-6-12(14)13-7-3-5-9-15(13)17/h2-9,11H,10,16H2,1H3/t11-/m0/s1. The fourth-order valence-corrected chi connectivity index (χ4v) is 2.49. The van der Waals surface area contributed by atoms with Crippen LogP contribution in [0.4, 0.5) is 0 Å². The van der Waals surface area contributed by atoms with E-state index in [1.54, 1.807) is 0 Å². The molecule has 0 amide bonds. The van der Waals surface area contributed by atoms with Gasteiger partial charge in [0.1, 0.15) is 0 Å². The molecule has 0 saturated heterocycles. The molecule has 0 bridgehead atoms. The highest BCUT2D eigenvalue weighted by Crippen LogP contribution is 2.28. The van der Waals surface area contributed by atoms with Gasteiger partial charge >= 0.3 is 0 Å². The van der Waals surface area contributed by atoms with Crippen LogP contribution in [0.3, 0.4) is 0 Å². The van der Waals surface area contributed by atoms with Crippen LogP contribution < -0.4 is 5.73 Å². The molecule has 2 heteroatoms. The van der Waals surface area contributed by atoms with Gasteiger partial charge in [-0.3, -0.25) is 0 Å². The van der Waals surface area contributed by atoms with Crippen LogP contribution in [-0.2, 0) is 6.54 Å². The highest BCUT2D eigenvalue weighted by Gasteiger charge is 2.09. The maximum atomic E-state index is 5.94. The Balaban J connectivity index is 2.41. The van der Waals surface area contributed by atoms with E-state index in [1.807, 2.05) is 6.92 Å². The summed E-state index contributed by atoms with van der Waals surface area (Å²) in [4.78, 5) is 0.